The minimum Gasteiger partial charge on any atom is -0.348 e. The summed E-state index contributed by atoms with van der Waals surface area (Å²) in [5.74, 6) is -0.477. The summed E-state index contributed by atoms with van der Waals surface area (Å²) in [4.78, 5) is 15.5. The smallest absolute Gasteiger partial charge is 0.348 e. The molecule has 0 aliphatic heterocycles. The molecule has 0 saturated heterocycles. The molecular formula is C12H14BrF3N2O. The predicted molar refractivity (Wildman–Crippen MR) is 69.2 cm³/mol. The maximum absolute atomic E-state index is 12.3. The molecule has 0 aromatic carbocycles. The molecule has 0 spiro atoms. The lowest BCUT2D eigenvalue weighted by Gasteiger charge is -2.15. The Morgan fingerprint density at radius 3 is 2.47 bits per heavy atom. The first-order chi connectivity index (χ1) is 8.70. The molecule has 1 amide bonds. The summed E-state index contributed by atoms with van der Waals surface area (Å²) in [7, 11) is 0. The second-order valence-electron chi connectivity index (χ2n) is 4.32. The summed E-state index contributed by atoms with van der Waals surface area (Å²) >= 11 is 3.36. The van der Waals surface area contributed by atoms with Crippen LogP contribution in [0.2, 0.25) is 0 Å². The van der Waals surface area contributed by atoms with Crippen LogP contribution in [-0.2, 0) is 6.18 Å². The fourth-order valence-corrected chi connectivity index (χ4v) is 2.10. The zero-order valence-electron chi connectivity index (χ0n) is 10.5. The van der Waals surface area contributed by atoms with Crippen LogP contribution >= 0.6 is 15.9 Å². The van der Waals surface area contributed by atoms with Gasteiger partial charge in [-0.05, 0) is 25.5 Å². The first-order valence-electron chi connectivity index (χ1n) is 5.68. The van der Waals surface area contributed by atoms with E-state index in [4.69, 9.17) is 0 Å². The van der Waals surface area contributed by atoms with E-state index in [1.54, 1.807) is 0 Å². The summed E-state index contributed by atoms with van der Waals surface area (Å²) in [5, 5.41) is 2.67. The van der Waals surface area contributed by atoms with E-state index in [0.717, 1.165) is 12.1 Å². The van der Waals surface area contributed by atoms with Gasteiger partial charge in [-0.3, -0.25) is 9.78 Å². The molecule has 19 heavy (non-hydrogen) atoms. The van der Waals surface area contributed by atoms with E-state index >= 15 is 0 Å². The summed E-state index contributed by atoms with van der Waals surface area (Å²) in [6.45, 7) is 3.76. The van der Waals surface area contributed by atoms with Gasteiger partial charge in [-0.15, -0.1) is 0 Å². The molecule has 1 N–H and O–H groups in total. The van der Waals surface area contributed by atoms with Crippen molar-refractivity contribution in [2.75, 3.05) is 0 Å². The zero-order valence-corrected chi connectivity index (χ0v) is 12.0. The molecule has 0 radical (unpaired) electrons. The average molecular weight is 339 g/mol. The van der Waals surface area contributed by atoms with E-state index in [0.29, 0.717) is 12.6 Å². The Morgan fingerprint density at radius 1 is 1.42 bits per heavy atom. The van der Waals surface area contributed by atoms with E-state index in [1.165, 1.54) is 0 Å². The number of carbonyl (C=O) groups is 1. The molecule has 0 fully saturated rings. The highest BCUT2D eigenvalue weighted by atomic mass is 79.9. The van der Waals surface area contributed by atoms with Crippen molar-refractivity contribution >= 4 is 21.8 Å². The number of alkyl halides is 4. The molecule has 0 aliphatic carbocycles. The Hall–Kier alpha value is -1.11. The fourth-order valence-electron chi connectivity index (χ4n) is 1.54. The van der Waals surface area contributed by atoms with Gasteiger partial charge in [0, 0.05) is 17.1 Å². The number of halogens is 4. The first kappa shape index (κ1) is 15.9. The summed E-state index contributed by atoms with van der Waals surface area (Å²) in [6.07, 6.45) is -3.07. The normalized spacial score (nSPS) is 14.8. The lowest BCUT2D eigenvalue weighted by Crippen LogP contribution is -2.34. The van der Waals surface area contributed by atoms with Crippen molar-refractivity contribution in [3.8, 4) is 0 Å². The number of aromatic nitrogens is 1. The average Bonchev–Trinajstić information content (AvgIpc) is 2.26. The molecule has 1 aromatic rings. The topological polar surface area (TPSA) is 42.0 Å². The van der Waals surface area contributed by atoms with Crippen LogP contribution in [-0.4, -0.2) is 21.8 Å². The highest BCUT2D eigenvalue weighted by molar-refractivity contribution is 9.09. The number of hydrogen-bond acceptors (Lipinski definition) is 2. The molecule has 0 saturated carbocycles. The third-order valence-corrected chi connectivity index (χ3v) is 2.75. The SMILES string of the molecule is CC(Br)CC(C)NC(=O)c1ccc(C(F)(F)F)cn1. The zero-order chi connectivity index (χ0) is 14.6. The fraction of sp³-hybridized carbons (Fsp3) is 0.500. The number of pyridine rings is 1. The molecule has 7 heteroatoms. The Morgan fingerprint density at radius 2 is 2.05 bits per heavy atom. The molecular weight excluding hydrogens is 325 g/mol. The van der Waals surface area contributed by atoms with E-state index in [1.807, 2.05) is 13.8 Å². The summed E-state index contributed by atoms with van der Waals surface area (Å²) < 4.78 is 37.0. The number of hydrogen-bond donors (Lipinski definition) is 1. The minimum atomic E-state index is -4.44. The highest BCUT2D eigenvalue weighted by Gasteiger charge is 2.30. The van der Waals surface area contributed by atoms with Gasteiger partial charge in [0.15, 0.2) is 0 Å². The van der Waals surface area contributed by atoms with Crippen LogP contribution in [0.1, 0.15) is 36.3 Å². The number of amides is 1. The number of carbonyl (C=O) groups excluding carboxylic acids is 1. The van der Waals surface area contributed by atoms with Gasteiger partial charge in [0.05, 0.1) is 5.56 Å². The molecule has 2 unspecified atom stereocenters. The van der Waals surface area contributed by atoms with Crippen molar-refractivity contribution in [2.45, 2.75) is 37.3 Å². The molecule has 2 atom stereocenters. The van der Waals surface area contributed by atoms with Crippen LogP contribution in [0.4, 0.5) is 13.2 Å². The monoisotopic (exact) mass is 338 g/mol. The first-order valence-corrected chi connectivity index (χ1v) is 6.60. The van der Waals surface area contributed by atoms with Gasteiger partial charge < -0.3 is 5.32 Å². The van der Waals surface area contributed by atoms with Crippen molar-refractivity contribution in [3.63, 3.8) is 0 Å². The van der Waals surface area contributed by atoms with E-state index in [9.17, 15) is 18.0 Å². The number of nitrogens with zero attached hydrogens (tertiary/aromatic N) is 1. The molecule has 0 aliphatic rings. The van der Waals surface area contributed by atoms with Gasteiger partial charge >= 0.3 is 6.18 Å². The van der Waals surface area contributed by atoms with Crippen LogP contribution in [0.5, 0.6) is 0 Å². The second-order valence-corrected chi connectivity index (χ2v) is 5.88. The van der Waals surface area contributed by atoms with Gasteiger partial charge in [-0.1, -0.05) is 22.9 Å². The van der Waals surface area contributed by atoms with Crippen molar-refractivity contribution < 1.29 is 18.0 Å². The predicted octanol–water partition coefficient (Wildman–Crippen LogP) is 3.39. The quantitative estimate of drug-likeness (QED) is 0.855. The van der Waals surface area contributed by atoms with Crippen molar-refractivity contribution in [2.24, 2.45) is 0 Å². The Bertz CT molecular complexity index is 432. The summed E-state index contributed by atoms with van der Waals surface area (Å²) in [6, 6.07) is 1.83. The third-order valence-electron chi connectivity index (χ3n) is 2.38. The standard InChI is InChI=1S/C12H14BrF3N2O/c1-7(13)5-8(2)18-11(19)10-4-3-9(6-17-10)12(14,15)16/h3-4,6-8H,5H2,1-2H3,(H,18,19). The highest BCUT2D eigenvalue weighted by Crippen LogP contribution is 2.28. The van der Waals surface area contributed by atoms with Gasteiger partial charge in [0.2, 0.25) is 0 Å². The van der Waals surface area contributed by atoms with E-state index < -0.39 is 17.6 Å². The van der Waals surface area contributed by atoms with Gasteiger partial charge in [-0.2, -0.15) is 13.2 Å². The van der Waals surface area contributed by atoms with Crippen molar-refractivity contribution in [3.05, 3.63) is 29.6 Å². The molecule has 0 bridgehead atoms. The molecule has 106 valence electrons. The Labute approximate surface area is 117 Å². The Kier molecular flexibility index (Phi) is 5.34. The van der Waals surface area contributed by atoms with E-state index in [2.05, 4.69) is 26.2 Å². The largest absolute Gasteiger partial charge is 0.417 e. The van der Waals surface area contributed by atoms with Crippen molar-refractivity contribution in [1.82, 2.24) is 10.3 Å². The second kappa shape index (κ2) is 6.36. The third kappa shape index (κ3) is 5.18. The number of nitrogens with one attached hydrogen (secondary N) is 1. The van der Waals surface area contributed by atoms with Crippen LogP contribution in [0.3, 0.4) is 0 Å². The molecule has 1 heterocycles. The lowest BCUT2D eigenvalue weighted by atomic mass is 10.2. The van der Waals surface area contributed by atoms with Crippen molar-refractivity contribution in [1.29, 1.82) is 0 Å². The molecule has 3 nitrogen and oxygen atoms in total. The van der Waals surface area contributed by atoms with Crippen LogP contribution in [0, 0.1) is 0 Å². The molecule has 1 rings (SSSR count). The maximum atomic E-state index is 12.3. The lowest BCUT2D eigenvalue weighted by molar-refractivity contribution is -0.137. The minimum absolute atomic E-state index is 0.0259. The van der Waals surface area contributed by atoms with Crippen LogP contribution < -0.4 is 5.32 Å². The van der Waals surface area contributed by atoms with Gasteiger partial charge in [-0.25, -0.2) is 0 Å². The Balaban J connectivity index is 2.68. The maximum Gasteiger partial charge on any atom is 0.417 e. The summed E-state index contributed by atoms with van der Waals surface area (Å²) in [5.41, 5.74) is -0.895. The van der Waals surface area contributed by atoms with Crippen LogP contribution in [0.25, 0.3) is 0 Å². The van der Waals surface area contributed by atoms with Gasteiger partial charge in [0.25, 0.3) is 5.91 Å². The number of rotatable bonds is 4. The molecule has 1 aromatic heterocycles. The van der Waals surface area contributed by atoms with Crippen LogP contribution in [0.15, 0.2) is 18.3 Å². The van der Waals surface area contributed by atoms with Gasteiger partial charge in [0.1, 0.15) is 5.69 Å². The van der Waals surface area contributed by atoms with E-state index in [-0.39, 0.29) is 16.6 Å².